The zero-order chi connectivity index (χ0) is 14.2. The number of carbonyl (C=O) groups excluding carboxylic acids is 1. The second kappa shape index (κ2) is 8.32. The minimum absolute atomic E-state index is 0.176. The fourth-order valence-corrected chi connectivity index (χ4v) is 1.55. The van der Waals surface area contributed by atoms with Gasteiger partial charge in [0.15, 0.2) is 0 Å². The second-order valence-corrected chi connectivity index (χ2v) is 5.75. The standard InChI is InChI=1S/C13H28N2O3/c1-10(2)11(6-9-16)14-7-8-15-12(17)18-13(3,4)5/h10-11,14,16H,6-9H2,1-5H3,(H,15,17). The second-order valence-electron chi connectivity index (χ2n) is 5.75. The molecular weight excluding hydrogens is 232 g/mol. The summed E-state index contributed by atoms with van der Waals surface area (Å²) in [5.41, 5.74) is -0.463. The third-order valence-corrected chi connectivity index (χ3v) is 2.44. The number of ether oxygens (including phenoxy) is 1. The lowest BCUT2D eigenvalue weighted by Crippen LogP contribution is -2.41. The molecule has 0 spiro atoms. The summed E-state index contributed by atoms with van der Waals surface area (Å²) < 4.78 is 5.12. The van der Waals surface area contributed by atoms with E-state index in [9.17, 15) is 4.79 Å². The molecule has 0 radical (unpaired) electrons. The number of rotatable bonds is 7. The predicted molar refractivity (Wildman–Crippen MR) is 72.6 cm³/mol. The molecular formula is C13H28N2O3. The Balaban J connectivity index is 3.74. The molecule has 0 bridgehead atoms. The van der Waals surface area contributed by atoms with Gasteiger partial charge in [-0.25, -0.2) is 4.79 Å². The molecule has 0 aromatic rings. The van der Waals surface area contributed by atoms with Gasteiger partial charge in [-0.3, -0.25) is 0 Å². The van der Waals surface area contributed by atoms with Crippen LogP contribution in [0.25, 0.3) is 0 Å². The molecule has 0 rings (SSSR count). The molecule has 0 heterocycles. The first-order valence-corrected chi connectivity index (χ1v) is 6.57. The van der Waals surface area contributed by atoms with Crippen molar-refractivity contribution < 1.29 is 14.6 Å². The molecule has 5 heteroatoms. The molecule has 1 amide bonds. The molecule has 1 unspecified atom stereocenters. The van der Waals surface area contributed by atoms with E-state index in [0.717, 1.165) is 6.42 Å². The summed E-state index contributed by atoms with van der Waals surface area (Å²) in [5.74, 6) is 0.457. The lowest BCUT2D eigenvalue weighted by molar-refractivity contribution is 0.0527. The van der Waals surface area contributed by atoms with Crippen molar-refractivity contribution in [2.24, 2.45) is 5.92 Å². The van der Waals surface area contributed by atoms with E-state index >= 15 is 0 Å². The van der Waals surface area contributed by atoms with Gasteiger partial charge in [0.2, 0.25) is 0 Å². The van der Waals surface area contributed by atoms with Gasteiger partial charge in [-0.05, 0) is 33.1 Å². The highest BCUT2D eigenvalue weighted by molar-refractivity contribution is 5.67. The lowest BCUT2D eigenvalue weighted by Gasteiger charge is -2.22. The average molecular weight is 260 g/mol. The Hall–Kier alpha value is -0.810. The number of aliphatic hydroxyl groups excluding tert-OH is 1. The van der Waals surface area contributed by atoms with Gasteiger partial charge in [-0.2, -0.15) is 0 Å². The Morgan fingerprint density at radius 2 is 1.89 bits per heavy atom. The minimum atomic E-state index is -0.463. The van der Waals surface area contributed by atoms with Crippen LogP contribution in [0.15, 0.2) is 0 Å². The van der Waals surface area contributed by atoms with Crippen LogP contribution in [0.2, 0.25) is 0 Å². The van der Waals surface area contributed by atoms with Gasteiger partial charge in [-0.1, -0.05) is 13.8 Å². The van der Waals surface area contributed by atoms with E-state index in [4.69, 9.17) is 9.84 Å². The summed E-state index contributed by atoms with van der Waals surface area (Å²) in [6.45, 7) is 11.1. The predicted octanol–water partition coefficient (Wildman–Crippen LogP) is 1.51. The van der Waals surface area contributed by atoms with Crippen LogP contribution < -0.4 is 10.6 Å². The lowest BCUT2D eigenvalue weighted by atomic mass is 10.0. The molecule has 0 fully saturated rings. The van der Waals surface area contributed by atoms with Crippen molar-refractivity contribution in [1.82, 2.24) is 10.6 Å². The number of carbonyl (C=O) groups is 1. The van der Waals surface area contributed by atoms with Crippen molar-refractivity contribution in [2.45, 2.75) is 52.7 Å². The molecule has 1 atom stereocenters. The van der Waals surface area contributed by atoms with Gasteiger partial charge in [0, 0.05) is 25.7 Å². The van der Waals surface area contributed by atoms with Crippen LogP contribution in [0.4, 0.5) is 4.79 Å². The van der Waals surface area contributed by atoms with Crippen molar-refractivity contribution in [3.05, 3.63) is 0 Å². The Bertz CT molecular complexity index is 237. The Morgan fingerprint density at radius 1 is 1.28 bits per heavy atom. The fourth-order valence-electron chi connectivity index (χ4n) is 1.55. The van der Waals surface area contributed by atoms with Crippen molar-refractivity contribution in [2.75, 3.05) is 19.7 Å². The van der Waals surface area contributed by atoms with Crippen molar-refractivity contribution in [1.29, 1.82) is 0 Å². The van der Waals surface area contributed by atoms with E-state index in [1.165, 1.54) is 0 Å². The fraction of sp³-hybridized carbons (Fsp3) is 0.923. The number of aliphatic hydroxyl groups is 1. The summed E-state index contributed by atoms with van der Waals surface area (Å²) in [4.78, 5) is 11.4. The van der Waals surface area contributed by atoms with Crippen LogP contribution in [0.1, 0.15) is 41.0 Å². The quantitative estimate of drug-likeness (QED) is 0.607. The minimum Gasteiger partial charge on any atom is -0.444 e. The summed E-state index contributed by atoms with van der Waals surface area (Å²) >= 11 is 0. The van der Waals surface area contributed by atoms with Crippen LogP contribution >= 0.6 is 0 Å². The molecule has 108 valence electrons. The highest BCUT2D eigenvalue weighted by Gasteiger charge is 2.16. The van der Waals surface area contributed by atoms with Crippen molar-refractivity contribution >= 4 is 6.09 Å². The van der Waals surface area contributed by atoms with Gasteiger partial charge in [0.05, 0.1) is 0 Å². The topological polar surface area (TPSA) is 70.6 Å². The van der Waals surface area contributed by atoms with E-state index in [-0.39, 0.29) is 12.6 Å². The molecule has 5 nitrogen and oxygen atoms in total. The van der Waals surface area contributed by atoms with Crippen molar-refractivity contribution in [3.63, 3.8) is 0 Å². The van der Waals surface area contributed by atoms with Crippen LogP contribution in [-0.2, 0) is 4.74 Å². The summed E-state index contributed by atoms with van der Waals surface area (Å²) in [6.07, 6.45) is 0.331. The Kier molecular flexibility index (Phi) is 7.95. The zero-order valence-electron chi connectivity index (χ0n) is 12.2. The number of hydrogen-bond donors (Lipinski definition) is 3. The average Bonchev–Trinajstić information content (AvgIpc) is 2.19. The largest absolute Gasteiger partial charge is 0.444 e. The van der Waals surface area contributed by atoms with Crippen LogP contribution in [0, 0.1) is 5.92 Å². The smallest absolute Gasteiger partial charge is 0.407 e. The van der Waals surface area contributed by atoms with Crippen molar-refractivity contribution in [3.8, 4) is 0 Å². The maximum atomic E-state index is 11.4. The third-order valence-electron chi connectivity index (χ3n) is 2.44. The third kappa shape index (κ3) is 9.24. The van der Waals surface area contributed by atoms with Crippen LogP contribution in [0.5, 0.6) is 0 Å². The van der Waals surface area contributed by atoms with E-state index in [2.05, 4.69) is 24.5 Å². The first-order valence-electron chi connectivity index (χ1n) is 6.57. The normalized spacial score (nSPS) is 13.5. The monoisotopic (exact) mass is 260 g/mol. The van der Waals surface area contributed by atoms with Gasteiger partial charge >= 0.3 is 6.09 Å². The number of nitrogens with one attached hydrogen (secondary N) is 2. The first kappa shape index (κ1) is 17.2. The van der Waals surface area contributed by atoms with E-state index < -0.39 is 11.7 Å². The molecule has 0 aromatic heterocycles. The maximum Gasteiger partial charge on any atom is 0.407 e. The van der Waals surface area contributed by atoms with Crippen LogP contribution in [-0.4, -0.2) is 42.5 Å². The zero-order valence-corrected chi connectivity index (χ0v) is 12.2. The molecule has 0 saturated heterocycles. The summed E-state index contributed by atoms with van der Waals surface area (Å²) in [6, 6.07) is 0.274. The van der Waals surface area contributed by atoms with Gasteiger partial charge in [-0.15, -0.1) is 0 Å². The van der Waals surface area contributed by atoms with E-state index in [1.54, 1.807) is 0 Å². The molecule has 0 aliphatic heterocycles. The summed E-state index contributed by atoms with van der Waals surface area (Å²) in [5, 5.41) is 14.9. The highest BCUT2D eigenvalue weighted by atomic mass is 16.6. The number of hydrogen-bond acceptors (Lipinski definition) is 4. The highest BCUT2D eigenvalue weighted by Crippen LogP contribution is 2.06. The maximum absolute atomic E-state index is 11.4. The van der Waals surface area contributed by atoms with E-state index in [0.29, 0.717) is 19.0 Å². The SMILES string of the molecule is CC(C)C(CCO)NCCNC(=O)OC(C)(C)C. The van der Waals surface area contributed by atoms with Gasteiger partial charge in [0.1, 0.15) is 5.60 Å². The molecule has 0 aliphatic rings. The number of amides is 1. The van der Waals surface area contributed by atoms with Gasteiger partial charge in [0.25, 0.3) is 0 Å². The molecule has 0 aromatic carbocycles. The molecule has 18 heavy (non-hydrogen) atoms. The van der Waals surface area contributed by atoms with E-state index in [1.807, 2.05) is 20.8 Å². The van der Waals surface area contributed by atoms with Gasteiger partial charge < -0.3 is 20.5 Å². The molecule has 3 N–H and O–H groups in total. The summed E-state index contributed by atoms with van der Waals surface area (Å²) in [7, 11) is 0. The Morgan fingerprint density at radius 3 is 2.33 bits per heavy atom. The Labute approximate surface area is 110 Å². The number of alkyl carbamates (subject to hydrolysis) is 1. The van der Waals surface area contributed by atoms with Crippen LogP contribution in [0.3, 0.4) is 0 Å². The molecule has 0 aliphatic carbocycles. The molecule has 0 saturated carbocycles. The first-order chi connectivity index (χ1) is 8.26.